The van der Waals surface area contributed by atoms with Crippen molar-refractivity contribution >= 4 is 0 Å². The first-order valence-corrected chi connectivity index (χ1v) is 12.3. The van der Waals surface area contributed by atoms with Crippen molar-refractivity contribution in [3.05, 3.63) is 0 Å². The van der Waals surface area contributed by atoms with Crippen LogP contribution in [0.3, 0.4) is 0 Å². The smallest absolute Gasteiger partial charge is 0.0682 e. The molecule has 0 spiro atoms. The van der Waals surface area contributed by atoms with Gasteiger partial charge in [0.15, 0.2) is 0 Å². The van der Waals surface area contributed by atoms with Gasteiger partial charge in [0.25, 0.3) is 0 Å². The molecule has 26 heavy (non-hydrogen) atoms. The number of hydroxylamine groups is 1. The summed E-state index contributed by atoms with van der Waals surface area (Å²) in [5.74, 6) is 0. The van der Waals surface area contributed by atoms with E-state index in [0.29, 0.717) is 0 Å². The third kappa shape index (κ3) is 23.9. The largest absolute Gasteiger partial charge is 0.302 e. The summed E-state index contributed by atoms with van der Waals surface area (Å²) in [6.45, 7) is 6.48. The Bertz CT molecular complexity index is 208. The molecule has 0 aliphatic carbocycles. The Labute approximate surface area is 166 Å². The molecule has 0 saturated carbocycles. The fraction of sp³-hybridized carbons (Fsp3) is 1.00. The van der Waals surface area contributed by atoms with Gasteiger partial charge in [0, 0.05) is 6.54 Å². The highest BCUT2D eigenvalue weighted by Gasteiger charge is 1.95. The van der Waals surface area contributed by atoms with E-state index in [-0.39, 0.29) is 0 Å². The molecule has 0 aromatic carbocycles. The van der Waals surface area contributed by atoms with Crippen molar-refractivity contribution in [3.8, 4) is 0 Å². The zero-order chi connectivity index (χ0) is 19.0. The van der Waals surface area contributed by atoms with E-state index >= 15 is 0 Å². The second-order valence-corrected chi connectivity index (χ2v) is 8.11. The zero-order valence-electron chi connectivity index (χ0n) is 18.5. The minimum Gasteiger partial charge on any atom is -0.302 e. The predicted octanol–water partition coefficient (Wildman–Crippen LogP) is 8.35. The highest BCUT2D eigenvalue weighted by atomic mass is 16.6. The summed E-state index contributed by atoms with van der Waals surface area (Å²) in [6, 6.07) is 0. The van der Waals surface area contributed by atoms with Crippen LogP contribution in [0.5, 0.6) is 0 Å². The van der Waals surface area contributed by atoms with E-state index in [4.69, 9.17) is 4.84 Å². The monoisotopic (exact) mass is 369 g/mol. The molecule has 1 N–H and O–H groups in total. The maximum atomic E-state index is 5.54. The first-order valence-electron chi connectivity index (χ1n) is 12.3. The summed E-state index contributed by atoms with van der Waals surface area (Å²) in [6.07, 6.45) is 27.8. The van der Waals surface area contributed by atoms with Crippen LogP contribution in [0, 0.1) is 0 Å². The van der Waals surface area contributed by atoms with E-state index in [1.165, 1.54) is 128 Å². The van der Waals surface area contributed by atoms with Crippen molar-refractivity contribution in [2.45, 2.75) is 142 Å². The number of hydrogen-bond donors (Lipinski definition) is 1. The van der Waals surface area contributed by atoms with Crippen LogP contribution < -0.4 is 5.48 Å². The second kappa shape index (κ2) is 24.9. The maximum Gasteiger partial charge on any atom is 0.0682 e. The van der Waals surface area contributed by atoms with Gasteiger partial charge in [-0.15, -0.1) is 0 Å². The van der Waals surface area contributed by atoms with Crippen molar-refractivity contribution in [1.82, 2.24) is 5.48 Å². The molecule has 0 bridgehead atoms. The van der Waals surface area contributed by atoms with Gasteiger partial charge in [-0.1, -0.05) is 129 Å². The number of rotatable bonds is 23. The fourth-order valence-electron chi connectivity index (χ4n) is 3.49. The summed E-state index contributed by atoms with van der Waals surface area (Å²) >= 11 is 0. The van der Waals surface area contributed by atoms with Gasteiger partial charge in [0.05, 0.1) is 6.61 Å². The molecular formula is C24H51NO. The molecule has 0 radical (unpaired) electrons. The summed E-state index contributed by atoms with van der Waals surface area (Å²) in [5, 5.41) is 0. The van der Waals surface area contributed by atoms with Gasteiger partial charge in [0.1, 0.15) is 0 Å². The van der Waals surface area contributed by atoms with Crippen LogP contribution in [0.4, 0.5) is 0 Å². The molecule has 0 atom stereocenters. The van der Waals surface area contributed by atoms with E-state index in [1.807, 2.05) is 0 Å². The normalized spacial score (nSPS) is 11.3. The minimum atomic E-state index is 0.883. The number of unbranched alkanes of at least 4 members (excludes halogenated alkanes) is 18. The standard InChI is InChI=1S/C24H51NO/c1-3-5-7-9-11-13-15-17-19-21-23-25-26-24-22-20-18-16-14-12-10-8-6-4-2/h25H,3-24H2,1-2H3. The molecule has 0 fully saturated rings. The van der Waals surface area contributed by atoms with E-state index in [0.717, 1.165) is 13.2 Å². The zero-order valence-corrected chi connectivity index (χ0v) is 18.5. The molecule has 0 aromatic rings. The maximum absolute atomic E-state index is 5.54. The number of hydrogen-bond acceptors (Lipinski definition) is 2. The third-order valence-corrected chi connectivity index (χ3v) is 5.33. The van der Waals surface area contributed by atoms with Crippen molar-refractivity contribution in [3.63, 3.8) is 0 Å². The van der Waals surface area contributed by atoms with Gasteiger partial charge < -0.3 is 4.84 Å². The van der Waals surface area contributed by atoms with Crippen LogP contribution in [0.25, 0.3) is 0 Å². The molecule has 0 heterocycles. The van der Waals surface area contributed by atoms with Crippen molar-refractivity contribution < 1.29 is 4.84 Å². The Morgan fingerprint density at radius 2 is 0.769 bits per heavy atom. The predicted molar refractivity (Wildman–Crippen MR) is 118 cm³/mol. The second-order valence-electron chi connectivity index (χ2n) is 8.11. The molecule has 0 aliphatic heterocycles. The van der Waals surface area contributed by atoms with Crippen LogP contribution in [0.1, 0.15) is 142 Å². The van der Waals surface area contributed by atoms with Gasteiger partial charge in [0.2, 0.25) is 0 Å². The van der Waals surface area contributed by atoms with Gasteiger partial charge >= 0.3 is 0 Å². The molecule has 2 nitrogen and oxygen atoms in total. The van der Waals surface area contributed by atoms with Gasteiger partial charge in [-0.3, -0.25) is 0 Å². The molecular weight excluding hydrogens is 318 g/mol. The van der Waals surface area contributed by atoms with Crippen LogP contribution >= 0.6 is 0 Å². The van der Waals surface area contributed by atoms with E-state index in [9.17, 15) is 0 Å². The van der Waals surface area contributed by atoms with Crippen LogP contribution in [0.2, 0.25) is 0 Å². The van der Waals surface area contributed by atoms with E-state index < -0.39 is 0 Å². The molecule has 0 rings (SSSR count). The molecule has 0 amide bonds. The fourth-order valence-corrected chi connectivity index (χ4v) is 3.49. The van der Waals surface area contributed by atoms with Crippen molar-refractivity contribution in [2.24, 2.45) is 0 Å². The first-order chi connectivity index (χ1) is 12.9. The summed E-state index contributed by atoms with van der Waals surface area (Å²) in [5.41, 5.74) is 3.14. The average molecular weight is 370 g/mol. The molecule has 0 aliphatic rings. The van der Waals surface area contributed by atoms with E-state index in [2.05, 4.69) is 19.3 Å². The highest BCUT2D eigenvalue weighted by Crippen LogP contribution is 2.11. The Hall–Kier alpha value is -0.0800. The Kier molecular flexibility index (Phi) is 24.8. The average Bonchev–Trinajstić information content (AvgIpc) is 2.66. The van der Waals surface area contributed by atoms with Crippen LogP contribution in [0.15, 0.2) is 0 Å². The van der Waals surface area contributed by atoms with Crippen LogP contribution in [-0.4, -0.2) is 13.2 Å². The van der Waals surface area contributed by atoms with Crippen molar-refractivity contribution in [2.75, 3.05) is 13.2 Å². The topological polar surface area (TPSA) is 21.3 Å². The molecule has 0 unspecified atom stereocenters. The van der Waals surface area contributed by atoms with Crippen molar-refractivity contribution in [1.29, 1.82) is 0 Å². The molecule has 2 heteroatoms. The lowest BCUT2D eigenvalue weighted by Crippen LogP contribution is -2.16. The third-order valence-electron chi connectivity index (χ3n) is 5.33. The SMILES string of the molecule is CCCCCCCCCCCCNOCCCCCCCCCCCC. The highest BCUT2D eigenvalue weighted by molar-refractivity contribution is 4.49. The molecule has 158 valence electrons. The van der Waals surface area contributed by atoms with Gasteiger partial charge in [-0.25, -0.2) is 5.48 Å². The Balaban J connectivity index is 2.95. The van der Waals surface area contributed by atoms with Gasteiger partial charge in [-0.05, 0) is 12.8 Å². The van der Waals surface area contributed by atoms with E-state index in [1.54, 1.807) is 0 Å². The lowest BCUT2D eigenvalue weighted by Gasteiger charge is -2.06. The summed E-state index contributed by atoms with van der Waals surface area (Å²) < 4.78 is 0. The lowest BCUT2D eigenvalue weighted by molar-refractivity contribution is 0.0376. The van der Waals surface area contributed by atoms with Crippen LogP contribution in [-0.2, 0) is 4.84 Å². The quantitative estimate of drug-likeness (QED) is 0.144. The summed E-state index contributed by atoms with van der Waals surface area (Å²) in [4.78, 5) is 5.54. The minimum absolute atomic E-state index is 0.883. The number of nitrogens with one attached hydrogen (secondary N) is 1. The first kappa shape index (κ1) is 25.9. The summed E-state index contributed by atoms with van der Waals surface area (Å²) in [7, 11) is 0. The molecule has 0 aromatic heterocycles. The van der Waals surface area contributed by atoms with Gasteiger partial charge in [-0.2, -0.15) is 0 Å². The Morgan fingerprint density at radius 3 is 1.19 bits per heavy atom. The Morgan fingerprint density at radius 1 is 0.423 bits per heavy atom. The lowest BCUT2D eigenvalue weighted by atomic mass is 10.1. The molecule has 0 saturated heterocycles.